The number of likely N-dealkylation sites (tertiary alicyclic amines) is 1. The van der Waals surface area contributed by atoms with Gasteiger partial charge in [-0.1, -0.05) is 30.3 Å². The molecule has 3 N–H and O–H groups in total. The summed E-state index contributed by atoms with van der Waals surface area (Å²) in [7, 11) is 0. The predicted molar refractivity (Wildman–Crippen MR) is 106 cm³/mol. The van der Waals surface area contributed by atoms with Crippen LogP contribution in [0.3, 0.4) is 0 Å². The molecule has 7 nitrogen and oxygen atoms in total. The Labute approximate surface area is 164 Å². The van der Waals surface area contributed by atoms with Gasteiger partial charge in [0, 0.05) is 43.9 Å². The zero-order valence-electron chi connectivity index (χ0n) is 16.0. The first-order chi connectivity index (χ1) is 13.7. The van der Waals surface area contributed by atoms with E-state index in [1.54, 1.807) is 0 Å². The minimum absolute atomic E-state index is 0.0194. The fraction of sp³-hybridized carbons (Fsp3) is 0.476. The lowest BCUT2D eigenvalue weighted by molar-refractivity contribution is -0.131. The number of aromatic nitrogens is 2. The van der Waals surface area contributed by atoms with E-state index < -0.39 is 0 Å². The van der Waals surface area contributed by atoms with Crippen molar-refractivity contribution in [1.29, 1.82) is 0 Å². The molecule has 0 saturated carbocycles. The van der Waals surface area contributed by atoms with Gasteiger partial charge < -0.3 is 15.5 Å². The van der Waals surface area contributed by atoms with Crippen molar-refractivity contribution < 1.29 is 9.59 Å². The van der Waals surface area contributed by atoms with Crippen LogP contribution in [0.15, 0.2) is 30.3 Å². The second kappa shape index (κ2) is 8.56. The van der Waals surface area contributed by atoms with Crippen molar-refractivity contribution in [3.8, 4) is 0 Å². The maximum Gasteiger partial charge on any atom is 0.272 e. The third-order valence-corrected chi connectivity index (χ3v) is 5.76. The SMILES string of the molecule is O=C(NCC(=O)N1CCC(Cc2ccccc2)CC1)c1n[nH]c2c1CNCC2. The fourth-order valence-electron chi connectivity index (χ4n) is 4.10. The lowest BCUT2D eigenvalue weighted by atomic mass is 9.90. The van der Waals surface area contributed by atoms with Gasteiger partial charge in [-0.25, -0.2) is 0 Å². The number of hydrogen-bond donors (Lipinski definition) is 3. The van der Waals surface area contributed by atoms with Crippen LogP contribution in [0.25, 0.3) is 0 Å². The van der Waals surface area contributed by atoms with E-state index in [9.17, 15) is 9.59 Å². The topological polar surface area (TPSA) is 90.1 Å². The van der Waals surface area contributed by atoms with Gasteiger partial charge in [0.25, 0.3) is 5.91 Å². The Kier molecular flexibility index (Phi) is 5.71. The number of carbonyl (C=O) groups excluding carboxylic acids is 2. The molecule has 0 aliphatic carbocycles. The number of fused-ring (bicyclic) bond motifs is 1. The van der Waals surface area contributed by atoms with Crippen LogP contribution >= 0.6 is 0 Å². The van der Waals surface area contributed by atoms with Crippen molar-refractivity contribution in [3.63, 3.8) is 0 Å². The summed E-state index contributed by atoms with van der Waals surface area (Å²) in [6, 6.07) is 10.5. The number of amides is 2. The first kappa shape index (κ1) is 18.7. The van der Waals surface area contributed by atoms with Crippen molar-refractivity contribution in [1.82, 2.24) is 25.7 Å². The van der Waals surface area contributed by atoms with Crippen LogP contribution < -0.4 is 10.6 Å². The van der Waals surface area contributed by atoms with Crippen LogP contribution in [0.4, 0.5) is 0 Å². The standard InChI is InChI=1S/C21H27N5O2/c27-19(14-23-21(28)20-17-13-22-9-6-18(17)24-25-20)26-10-7-16(8-11-26)12-15-4-2-1-3-5-15/h1-5,16,22H,6-14H2,(H,23,28)(H,24,25). The molecule has 1 saturated heterocycles. The molecule has 0 bridgehead atoms. The van der Waals surface area contributed by atoms with Crippen molar-refractivity contribution in [2.24, 2.45) is 5.92 Å². The second-order valence-corrected chi connectivity index (χ2v) is 7.65. The first-order valence-corrected chi connectivity index (χ1v) is 10.1. The fourth-order valence-corrected chi connectivity index (χ4v) is 4.10. The van der Waals surface area contributed by atoms with Gasteiger partial charge in [0.2, 0.25) is 5.91 Å². The molecule has 0 spiro atoms. The quantitative estimate of drug-likeness (QED) is 0.728. The van der Waals surface area contributed by atoms with Crippen molar-refractivity contribution >= 4 is 11.8 Å². The number of carbonyl (C=O) groups is 2. The first-order valence-electron chi connectivity index (χ1n) is 10.1. The van der Waals surface area contributed by atoms with Gasteiger partial charge in [0.1, 0.15) is 0 Å². The Hall–Kier alpha value is -2.67. The normalized spacial score (nSPS) is 17.2. The monoisotopic (exact) mass is 381 g/mol. The third-order valence-electron chi connectivity index (χ3n) is 5.76. The van der Waals surface area contributed by atoms with Crippen molar-refractivity contribution in [3.05, 3.63) is 52.8 Å². The van der Waals surface area contributed by atoms with Gasteiger partial charge in [-0.2, -0.15) is 5.10 Å². The second-order valence-electron chi connectivity index (χ2n) is 7.65. The van der Waals surface area contributed by atoms with E-state index in [2.05, 4.69) is 45.1 Å². The Bertz CT molecular complexity index is 825. The van der Waals surface area contributed by atoms with Crippen LogP contribution in [0.2, 0.25) is 0 Å². The van der Waals surface area contributed by atoms with Gasteiger partial charge in [-0.3, -0.25) is 14.7 Å². The molecule has 0 radical (unpaired) electrons. The van der Waals surface area contributed by atoms with E-state index in [0.717, 1.165) is 56.6 Å². The number of nitrogens with zero attached hydrogens (tertiary/aromatic N) is 2. The number of rotatable bonds is 5. The molecule has 0 unspecified atom stereocenters. The summed E-state index contributed by atoms with van der Waals surface area (Å²) in [6.07, 6.45) is 3.92. The number of H-pyrrole nitrogens is 1. The highest BCUT2D eigenvalue weighted by atomic mass is 16.2. The Morgan fingerprint density at radius 1 is 1.18 bits per heavy atom. The summed E-state index contributed by atoms with van der Waals surface area (Å²) in [5.41, 5.74) is 3.68. The van der Waals surface area contributed by atoms with E-state index in [1.165, 1.54) is 5.56 Å². The minimum Gasteiger partial charge on any atom is -0.342 e. The molecule has 28 heavy (non-hydrogen) atoms. The predicted octanol–water partition coefficient (Wildman–Crippen LogP) is 1.27. The molecule has 4 rings (SSSR count). The highest BCUT2D eigenvalue weighted by Gasteiger charge is 2.25. The summed E-state index contributed by atoms with van der Waals surface area (Å²) in [5.74, 6) is 0.312. The lowest BCUT2D eigenvalue weighted by Gasteiger charge is -2.32. The smallest absolute Gasteiger partial charge is 0.272 e. The molecule has 1 aromatic carbocycles. The summed E-state index contributed by atoms with van der Waals surface area (Å²) >= 11 is 0. The van der Waals surface area contributed by atoms with Crippen LogP contribution in [0.1, 0.15) is 40.2 Å². The molecular formula is C21H27N5O2. The third kappa shape index (κ3) is 4.25. The molecular weight excluding hydrogens is 354 g/mol. The molecule has 2 amide bonds. The van der Waals surface area contributed by atoms with Gasteiger partial charge in [-0.05, 0) is 30.7 Å². The van der Waals surface area contributed by atoms with Gasteiger partial charge in [-0.15, -0.1) is 0 Å². The highest BCUT2D eigenvalue weighted by Crippen LogP contribution is 2.21. The average Bonchev–Trinajstić information content (AvgIpc) is 3.17. The largest absolute Gasteiger partial charge is 0.342 e. The van der Waals surface area contributed by atoms with E-state index in [-0.39, 0.29) is 18.4 Å². The molecule has 1 fully saturated rings. The van der Waals surface area contributed by atoms with Gasteiger partial charge in [0.05, 0.1) is 6.54 Å². The van der Waals surface area contributed by atoms with E-state index in [4.69, 9.17) is 0 Å². The lowest BCUT2D eigenvalue weighted by Crippen LogP contribution is -2.44. The van der Waals surface area contributed by atoms with Crippen LogP contribution in [0, 0.1) is 5.92 Å². The summed E-state index contributed by atoms with van der Waals surface area (Å²) in [5, 5.41) is 13.1. The van der Waals surface area contributed by atoms with Gasteiger partial charge in [0.15, 0.2) is 5.69 Å². The number of benzene rings is 1. The van der Waals surface area contributed by atoms with E-state index >= 15 is 0 Å². The number of hydrogen-bond acceptors (Lipinski definition) is 4. The maximum absolute atomic E-state index is 12.5. The zero-order chi connectivity index (χ0) is 19.3. The summed E-state index contributed by atoms with van der Waals surface area (Å²) in [4.78, 5) is 26.8. The molecule has 7 heteroatoms. The molecule has 148 valence electrons. The molecule has 1 aromatic heterocycles. The van der Waals surface area contributed by atoms with Crippen molar-refractivity contribution in [2.75, 3.05) is 26.2 Å². The Morgan fingerprint density at radius 3 is 2.75 bits per heavy atom. The molecule has 3 heterocycles. The highest BCUT2D eigenvalue weighted by molar-refractivity contribution is 5.96. The molecule has 2 aliphatic rings. The minimum atomic E-state index is -0.284. The van der Waals surface area contributed by atoms with E-state index in [0.29, 0.717) is 18.2 Å². The zero-order valence-corrected chi connectivity index (χ0v) is 16.0. The summed E-state index contributed by atoms with van der Waals surface area (Å²) in [6.45, 7) is 3.06. The van der Waals surface area contributed by atoms with Crippen LogP contribution in [0.5, 0.6) is 0 Å². The van der Waals surface area contributed by atoms with Crippen molar-refractivity contribution in [2.45, 2.75) is 32.2 Å². The van der Waals surface area contributed by atoms with Crippen LogP contribution in [-0.2, 0) is 24.2 Å². The van der Waals surface area contributed by atoms with Crippen LogP contribution in [-0.4, -0.2) is 53.1 Å². The Balaban J connectivity index is 1.24. The molecule has 2 aromatic rings. The number of piperidine rings is 1. The maximum atomic E-state index is 12.5. The summed E-state index contributed by atoms with van der Waals surface area (Å²) < 4.78 is 0. The Morgan fingerprint density at radius 2 is 1.96 bits per heavy atom. The van der Waals surface area contributed by atoms with Gasteiger partial charge >= 0.3 is 0 Å². The number of aromatic amines is 1. The average molecular weight is 381 g/mol. The van der Waals surface area contributed by atoms with E-state index in [1.807, 2.05) is 11.0 Å². The number of nitrogens with one attached hydrogen (secondary N) is 3. The molecule has 0 atom stereocenters. The molecule has 2 aliphatic heterocycles.